The van der Waals surface area contributed by atoms with Crippen molar-refractivity contribution in [3.63, 3.8) is 0 Å². The van der Waals surface area contributed by atoms with Crippen molar-refractivity contribution < 1.29 is 4.39 Å². The predicted octanol–water partition coefficient (Wildman–Crippen LogP) is 2.68. The van der Waals surface area contributed by atoms with E-state index in [0.29, 0.717) is 6.42 Å². The smallest absolute Gasteiger partial charge is 0.141 e. The fourth-order valence-corrected chi connectivity index (χ4v) is 2.69. The Balaban J connectivity index is 2.16. The predicted molar refractivity (Wildman–Crippen MR) is 67.3 cm³/mol. The van der Waals surface area contributed by atoms with Crippen molar-refractivity contribution in [3.8, 4) is 0 Å². The van der Waals surface area contributed by atoms with Crippen molar-refractivity contribution in [1.82, 2.24) is 10.4 Å². The van der Waals surface area contributed by atoms with Crippen molar-refractivity contribution in [1.29, 1.82) is 0 Å². The molecule has 0 fully saturated rings. The highest BCUT2D eigenvalue weighted by Crippen LogP contribution is 2.26. The number of nitrogens with two attached hydrogens (primary N) is 1. The summed E-state index contributed by atoms with van der Waals surface area (Å²) in [7, 11) is 0. The maximum atomic E-state index is 13.1. The van der Waals surface area contributed by atoms with Gasteiger partial charge in [0.2, 0.25) is 0 Å². The number of halogens is 2. The molecule has 2 rings (SSSR count). The zero-order valence-electron chi connectivity index (χ0n) is 8.86. The van der Waals surface area contributed by atoms with Crippen LogP contribution in [0.4, 0.5) is 4.39 Å². The van der Waals surface area contributed by atoms with Crippen LogP contribution in [0.1, 0.15) is 16.5 Å². The summed E-state index contributed by atoms with van der Waals surface area (Å²) >= 11 is 7.34. The second-order valence-corrected chi connectivity index (χ2v) is 5.37. The van der Waals surface area contributed by atoms with E-state index in [1.54, 1.807) is 6.20 Å². The van der Waals surface area contributed by atoms with Crippen LogP contribution in [0.15, 0.2) is 30.6 Å². The van der Waals surface area contributed by atoms with Gasteiger partial charge in [0.25, 0.3) is 0 Å². The molecule has 1 atom stereocenters. The second kappa shape index (κ2) is 5.55. The summed E-state index contributed by atoms with van der Waals surface area (Å²) < 4.78 is 13.8. The fourth-order valence-electron chi connectivity index (χ4n) is 1.55. The van der Waals surface area contributed by atoms with Crippen molar-refractivity contribution >= 4 is 22.9 Å². The Labute approximate surface area is 107 Å². The Hall–Kier alpha value is -1.01. The molecule has 3 N–H and O–H groups in total. The molecule has 0 amide bonds. The van der Waals surface area contributed by atoms with Gasteiger partial charge in [-0.05, 0) is 23.8 Å². The third-order valence-electron chi connectivity index (χ3n) is 2.36. The van der Waals surface area contributed by atoms with Crippen LogP contribution in [-0.2, 0) is 6.42 Å². The Bertz CT molecular complexity index is 503. The van der Waals surface area contributed by atoms with Crippen LogP contribution in [0, 0.1) is 5.82 Å². The lowest BCUT2D eigenvalue weighted by Gasteiger charge is -2.14. The molecule has 3 nitrogen and oxygen atoms in total. The number of hydrazine groups is 1. The number of pyridine rings is 1. The van der Waals surface area contributed by atoms with E-state index in [1.165, 1.54) is 23.6 Å². The molecule has 2 aromatic rings. The standard InChI is InChI=1S/C11H11ClFN3S/c12-11-2-1-9(17-11)4-10(16-14)7-3-8(13)6-15-5-7/h1-3,5-6,10,16H,4,14H2. The summed E-state index contributed by atoms with van der Waals surface area (Å²) in [5.74, 6) is 5.11. The third-order valence-corrected chi connectivity index (χ3v) is 3.62. The normalized spacial score (nSPS) is 12.6. The van der Waals surface area contributed by atoms with E-state index < -0.39 is 0 Å². The van der Waals surface area contributed by atoms with E-state index in [0.717, 1.165) is 14.8 Å². The van der Waals surface area contributed by atoms with Gasteiger partial charge in [-0.2, -0.15) is 0 Å². The molecular weight excluding hydrogens is 261 g/mol. The van der Waals surface area contributed by atoms with Crippen molar-refractivity contribution in [3.05, 3.63) is 51.2 Å². The number of thiophene rings is 1. The summed E-state index contributed by atoms with van der Waals surface area (Å²) in [4.78, 5) is 4.89. The average molecular weight is 272 g/mol. The quantitative estimate of drug-likeness (QED) is 0.664. The molecule has 2 heterocycles. The monoisotopic (exact) mass is 271 g/mol. The van der Waals surface area contributed by atoms with Crippen LogP contribution >= 0.6 is 22.9 Å². The minimum absolute atomic E-state index is 0.173. The average Bonchev–Trinajstić information content (AvgIpc) is 2.72. The minimum atomic E-state index is -0.369. The second-order valence-electron chi connectivity index (χ2n) is 3.57. The third kappa shape index (κ3) is 3.23. The Kier molecular flexibility index (Phi) is 4.06. The van der Waals surface area contributed by atoms with Crippen LogP contribution in [0.3, 0.4) is 0 Å². The lowest BCUT2D eigenvalue weighted by molar-refractivity contribution is 0.544. The molecule has 2 aromatic heterocycles. The highest BCUT2D eigenvalue weighted by atomic mass is 35.5. The van der Waals surface area contributed by atoms with Gasteiger partial charge in [0.05, 0.1) is 16.6 Å². The Morgan fingerprint density at radius 1 is 1.47 bits per heavy atom. The van der Waals surface area contributed by atoms with E-state index in [4.69, 9.17) is 17.4 Å². The van der Waals surface area contributed by atoms with E-state index in [-0.39, 0.29) is 11.9 Å². The molecule has 90 valence electrons. The summed E-state index contributed by atoms with van der Waals surface area (Å²) in [6.07, 6.45) is 3.42. The molecule has 0 saturated carbocycles. The molecule has 0 bridgehead atoms. The number of nitrogens with zero attached hydrogens (tertiary/aromatic N) is 1. The first kappa shape index (κ1) is 12.4. The molecule has 0 spiro atoms. The zero-order valence-corrected chi connectivity index (χ0v) is 10.4. The van der Waals surface area contributed by atoms with Crippen molar-refractivity contribution in [2.45, 2.75) is 12.5 Å². The summed E-state index contributed by atoms with van der Waals surface area (Å²) in [5, 5.41) is 0. The summed E-state index contributed by atoms with van der Waals surface area (Å²) in [5.41, 5.74) is 3.38. The van der Waals surface area contributed by atoms with Gasteiger partial charge in [-0.1, -0.05) is 11.6 Å². The van der Waals surface area contributed by atoms with Crippen LogP contribution in [-0.4, -0.2) is 4.98 Å². The van der Waals surface area contributed by atoms with Crippen LogP contribution < -0.4 is 11.3 Å². The number of aromatic nitrogens is 1. The van der Waals surface area contributed by atoms with Gasteiger partial charge >= 0.3 is 0 Å². The largest absolute Gasteiger partial charge is 0.271 e. The van der Waals surface area contributed by atoms with Gasteiger partial charge in [-0.15, -0.1) is 11.3 Å². The number of hydrogen-bond donors (Lipinski definition) is 2. The number of nitrogens with one attached hydrogen (secondary N) is 1. The van der Waals surface area contributed by atoms with Gasteiger partial charge in [-0.25, -0.2) is 4.39 Å². The Morgan fingerprint density at radius 3 is 2.88 bits per heavy atom. The fraction of sp³-hybridized carbons (Fsp3) is 0.182. The molecular formula is C11H11ClFN3S. The van der Waals surface area contributed by atoms with Crippen LogP contribution in [0.5, 0.6) is 0 Å². The molecule has 17 heavy (non-hydrogen) atoms. The molecule has 0 aliphatic rings. The molecule has 0 aliphatic carbocycles. The molecule has 1 unspecified atom stereocenters. The minimum Gasteiger partial charge on any atom is -0.271 e. The van der Waals surface area contributed by atoms with Gasteiger partial charge in [0.15, 0.2) is 0 Å². The molecule has 0 saturated heterocycles. The van der Waals surface area contributed by atoms with Gasteiger partial charge in [0.1, 0.15) is 5.82 Å². The Morgan fingerprint density at radius 2 is 2.29 bits per heavy atom. The van der Waals surface area contributed by atoms with Crippen LogP contribution in [0.2, 0.25) is 4.34 Å². The van der Waals surface area contributed by atoms with E-state index >= 15 is 0 Å². The van der Waals surface area contributed by atoms with E-state index in [1.807, 2.05) is 12.1 Å². The molecule has 0 aromatic carbocycles. The van der Waals surface area contributed by atoms with Gasteiger partial charge < -0.3 is 0 Å². The highest BCUT2D eigenvalue weighted by molar-refractivity contribution is 7.16. The highest BCUT2D eigenvalue weighted by Gasteiger charge is 2.13. The lowest BCUT2D eigenvalue weighted by Crippen LogP contribution is -2.29. The first-order valence-electron chi connectivity index (χ1n) is 5.00. The van der Waals surface area contributed by atoms with E-state index in [2.05, 4.69) is 10.4 Å². The maximum absolute atomic E-state index is 13.1. The van der Waals surface area contributed by atoms with Gasteiger partial charge in [-0.3, -0.25) is 16.3 Å². The number of rotatable bonds is 4. The molecule has 0 radical (unpaired) electrons. The van der Waals surface area contributed by atoms with Crippen molar-refractivity contribution in [2.24, 2.45) is 5.84 Å². The summed E-state index contributed by atoms with van der Waals surface area (Å²) in [6, 6.07) is 5.02. The molecule has 6 heteroatoms. The first-order chi connectivity index (χ1) is 8.19. The van der Waals surface area contributed by atoms with Crippen molar-refractivity contribution in [2.75, 3.05) is 0 Å². The maximum Gasteiger partial charge on any atom is 0.141 e. The number of hydrogen-bond acceptors (Lipinski definition) is 4. The SMILES string of the molecule is NNC(Cc1ccc(Cl)s1)c1cncc(F)c1. The first-order valence-corrected chi connectivity index (χ1v) is 6.19. The topological polar surface area (TPSA) is 50.9 Å². The lowest BCUT2D eigenvalue weighted by atomic mass is 10.1. The van der Waals surface area contributed by atoms with Crippen LogP contribution in [0.25, 0.3) is 0 Å². The molecule has 0 aliphatic heterocycles. The van der Waals surface area contributed by atoms with Gasteiger partial charge in [0, 0.05) is 17.5 Å². The zero-order chi connectivity index (χ0) is 12.3. The summed E-state index contributed by atoms with van der Waals surface area (Å²) in [6.45, 7) is 0. The van der Waals surface area contributed by atoms with E-state index in [9.17, 15) is 4.39 Å².